The molecule has 0 aliphatic carbocycles. The molecule has 0 saturated carbocycles. The van der Waals surface area contributed by atoms with Gasteiger partial charge in [-0.3, -0.25) is 4.68 Å². The summed E-state index contributed by atoms with van der Waals surface area (Å²) in [5.74, 6) is 0. The number of piperidine rings is 1. The standard InChI is InChI=1S/C12H20ClN3O/c1-9-10(11(13)16(2)15-9)6-12(8-17)4-3-5-14-7-12/h14,17H,3-8H2,1-2H3. The van der Waals surface area contributed by atoms with Crippen LogP contribution in [0.4, 0.5) is 0 Å². The molecule has 1 aromatic rings. The van der Waals surface area contributed by atoms with E-state index < -0.39 is 0 Å². The second-order valence-electron chi connectivity index (χ2n) is 5.09. The maximum absolute atomic E-state index is 9.68. The van der Waals surface area contributed by atoms with E-state index in [9.17, 15) is 5.11 Å². The fourth-order valence-corrected chi connectivity index (χ4v) is 2.86. The third-order valence-corrected chi connectivity index (χ3v) is 4.19. The summed E-state index contributed by atoms with van der Waals surface area (Å²) in [6.07, 6.45) is 2.95. The molecular formula is C12H20ClN3O. The van der Waals surface area contributed by atoms with E-state index in [0.717, 1.165) is 43.6 Å². The first-order valence-electron chi connectivity index (χ1n) is 6.07. The lowest BCUT2D eigenvalue weighted by atomic mass is 9.76. The molecule has 5 heteroatoms. The molecule has 96 valence electrons. The van der Waals surface area contributed by atoms with Gasteiger partial charge in [0.1, 0.15) is 5.15 Å². The topological polar surface area (TPSA) is 50.1 Å². The van der Waals surface area contributed by atoms with Crippen molar-refractivity contribution >= 4 is 11.6 Å². The van der Waals surface area contributed by atoms with E-state index in [4.69, 9.17) is 11.6 Å². The Balaban J connectivity index is 2.23. The second kappa shape index (κ2) is 4.96. The van der Waals surface area contributed by atoms with Crippen LogP contribution in [0.2, 0.25) is 5.15 Å². The molecule has 0 aromatic carbocycles. The Morgan fingerprint density at radius 1 is 1.59 bits per heavy atom. The summed E-state index contributed by atoms with van der Waals surface area (Å²) >= 11 is 6.25. The van der Waals surface area contributed by atoms with Gasteiger partial charge < -0.3 is 10.4 Å². The normalized spacial score (nSPS) is 25.2. The number of aliphatic hydroxyl groups excluding tert-OH is 1. The van der Waals surface area contributed by atoms with Crippen molar-refractivity contribution in [2.45, 2.75) is 26.2 Å². The Morgan fingerprint density at radius 3 is 2.82 bits per heavy atom. The Kier molecular flexibility index (Phi) is 3.76. The highest BCUT2D eigenvalue weighted by molar-refractivity contribution is 6.30. The highest BCUT2D eigenvalue weighted by atomic mass is 35.5. The minimum absolute atomic E-state index is 0.0737. The lowest BCUT2D eigenvalue weighted by Crippen LogP contribution is -2.44. The predicted molar refractivity (Wildman–Crippen MR) is 68.3 cm³/mol. The number of nitrogens with one attached hydrogen (secondary N) is 1. The van der Waals surface area contributed by atoms with Crippen molar-refractivity contribution < 1.29 is 5.11 Å². The van der Waals surface area contributed by atoms with E-state index in [1.54, 1.807) is 4.68 Å². The largest absolute Gasteiger partial charge is 0.396 e. The van der Waals surface area contributed by atoms with Crippen molar-refractivity contribution in [3.05, 3.63) is 16.4 Å². The number of halogens is 1. The highest BCUT2D eigenvalue weighted by Gasteiger charge is 2.33. The molecule has 0 bridgehead atoms. The SMILES string of the molecule is Cc1nn(C)c(Cl)c1CC1(CO)CCCNC1. The van der Waals surface area contributed by atoms with Crippen LogP contribution in [0.5, 0.6) is 0 Å². The number of nitrogens with zero attached hydrogens (tertiary/aromatic N) is 2. The first-order chi connectivity index (χ1) is 8.08. The molecule has 1 saturated heterocycles. The molecule has 1 unspecified atom stereocenters. The zero-order valence-corrected chi connectivity index (χ0v) is 11.2. The molecule has 2 N–H and O–H groups in total. The maximum Gasteiger partial charge on any atom is 0.130 e. The molecule has 0 amide bonds. The number of aromatic nitrogens is 2. The first-order valence-corrected chi connectivity index (χ1v) is 6.45. The Hall–Kier alpha value is -0.580. The van der Waals surface area contributed by atoms with Crippen molar-refractivity contribution in [2.24, 2.45) is 12.5 Å². The van der Waals surface area contributed by atoms with Gasteiger partial charge in [0.05, 0.1) is 12.3 Å². The van der Waals surface area contributed by atoms with E-state index in [-0.39, 0.29) is 12.0 Å². The number of hydrogen-bond acceptors (Lipinski definition) is 3. The van der Waals surface area contributed by atoms with Gasteiger partial charge in [-0.25, -0.2) is 0 Å². The van der Waals surface area contributed by atoms with Crippen molar-refractivity contribution in [3.63, 3.8) is 0 Å². The second-order valence-corrected chi connectivity index (χ2v) is 5.45. The van der Waals surface area contributed by atoms with Crippen LogP contribution in [-0.2, 0) is 13.5 Å². The van der Waals surface area contributed by atoms with E-state index in [1.807, 2.05) is 14.0 Å². The van der Waals surface area contributed by atoms with Crippen LogP contribution in [0, 0.1) is 12.3 Å². The third-order valence-electron chi connectivity index (χ3n) is 3.72. The molecule has 0 spiro atoms. The summed E-state index contributed by atoms with van der Waals surface area (Å²) in [4.78, 5) is 0. The van der Waals surface area contributed by atoms with Gasteiger partial charge >= 0.3 is 0 Å². The van der Waals surface area contributed by atoms with Gasteiger partial charge in [0, 0.05) is 24.6 Å². The number of aliphatic hydroxyl groups is 1. The summed E-state index contributed by atoms with van der Waals surface area (Å²) in [6, 6.07) is 0. The quantitative estimate of drug-likeness (QED) is 0.858. The van der Waals surface area contributed by atoms with Gasteiger partial charge in [-0.05, 0) is 32.7 Å². The van der Waals surface area contributed by atoms with E-state index in [0.29, 0.717) is 5.15 Å². The number of hydrogen-bond donors (Lipinski definition) is 2. The first kappa shape index (κ1) is 12.9. The lowest BCUT2D eigenvalue weighted by Gasteiger charge is -2.36. The minimum Gasteiger partial charge on any atom is -0.396 e. The van der Waals surface area contributed by atoms with E-state index in [2.05, 4.69) is 10.4 Å². The molecule has 1 atom stereocenters. The van der Waals surface area contributed by atoms with Gasteiger partial charge in [0.15, 0.2) is 0 Å². The van der Waals surface area contributed by atoms with Crippen molar-refractivity contribution in [1.82, 2.24) is 15.1 Å². The summed E-state index contributed by atoms with van der Waals surface area (Å²) in [7, 11) is 1.85. The smallest absolute Gasteiger partial charge is 0.130 e. The zero-order chi connectivity index (χ0) is 12.5. The van der Waals surface area contributed by atoms with Gasteiger partial charge in [-0.2, -0.15) is 5.10 Å². The van der Waals surface area contributed by atoms with Crippen LogP contribution in [0.15, 0.2) is 0 Å². The Bertz CT molecular complexity index is 397. The predicted octanol–water partition coefficient (Wildman–Crippen LogP) is 1.29. The molecule has 1 aromatic heterocycles. The summed E-state index contributed by atoms with van der Waals surface area (Å²) in [6.45, 7) is 4.07. The average Bonchev–Trinajstić information content (AvgIpc) is 2.57. The third kappa shape index (κ3) is 2.49. The van der Waals surface area contributed by atoms with Crippen LogP contribution >= 0.6 is 11.6 Å². The number of rotatable bonds is 3. The molecule has 1 aliphatic rings. The Labute approximate surface area is 107 Å². The molecule has 2 rings (SSSR count). The van der Waals surface area contributed by atoms with E-state index >= 15 is 0 Å². The van der Waals surface area contributed by atoms with E-state index in [1.165, 1.54) is 0 Å². The van der Waals surface area contributed by atoms with Crippen LogP contribution in [0.3, 0.4) is 0 Å². The fourth-order valence-electron chi connectivity index (χ4n) is 2.62. The van der Waals surface area contributed by atoms with Crippen LogP contribution in [-0.4, -0.2) is 34.6 Å². The Morgan fingerprint density at radius 2 is 2.35 bits per heavy atom. The monoisotopic (exact) mass is 257 g/mol. The van der Waals surface area contributed by atoms with Crippen molar-refractivity contribution in [2.75, 3.05) is 19.7 Å². The summed E-state index contributed by atoms with van der Waals surface area (Å²) < 4.78 is 1.70. The van der Waals surface area contributed by atoms with Gasteiger partial charge in [-0.1, -0.05) is 11.6 Å². The molecule has 17 heavy (non-hydrogen) atoms. The molecule has 1 aliphatic heterocycles. The maximum atomic E-state index is 9.68. The van der Waals surface area contributed by atoms with Gasteiger partial charge in [0.25, 0.3) is 0 Å². The minimum atomic E-state index is -0.0737. The number of aryl methyl sites for hydroxylation is 2. The van der Waals surface area contributed by atoms with Crippen LogP contribution < -0.4 is 5.32 Å². The molecule has 1 fully saturated rings. The van der Waals surface area contributed by atoms with Crippen molar-refractivity contribution in [3.8, 4) is 0 Å². The lowest BCUT2D eigenvalue weighted by molar-refractivity contribution is 0.0946. The fraction of sp³-hybridized carbons (Fsp3) is 0.750. The average molecular weight is 258 g/mol. The van der Waals surface area contributed by atoms with Crippen molar-refractivity contribution in [1.29, 1.82) is 0 Å². The molecule has 2 heterocycles. The van der Waals surface area contributed by atoms with Crippen LogP contribution in [0.25, 0.3) is 0 Å². The highest BCUT2D eigenvalue weighted by Crippen LogP contribution is 2.33. The molecule has 4 nitrogen and oxygen atoms in total. The molecular weight excluding hydrogens is 238 g/mol. The zero-order valence-electron chi connectivity index (χ0n) is 10.5. The van der Waals surface area contributed by atoms with Gasteiger partial charge in [0.2, 0.25) is 0 Å². The van der Waals surface area contributed by atoms with Gasteiger partial charge in [-0.15, -0.1) is 0 Å². The molecule has 0 radical (unpaired) electrons. The summed E-state index contributed by atoms with van der Waals surface area (Å²) in [5, 5.41) is 18.1. The van der Waals surface area contributed by atoms with Crippen LogP contribution in [0.1, 0.15) is 24.1 Å². The summed E-state index contributed by atoms with van der Waals surface area (Å²) in [5.41, 5.74) is 1.97.